The summed E-state index contributed by atoms with van der Waals surface area (Å²) >= 11 is 6.88. The van der Waals surface area contributed by atoms with E-state index in [-0.39, 0.29) is 23.0 Å². The fourth-order valence-corrected chi connectivity index (χ4v) is 4.40. The first-order valence-corrected chi connectivity index (χ1v) is 12.9. The van der Waals surface area contributed by atoms with Crippen LogP contribution in [0, 0.1) is 0 Å². The first kappa shape index (κ1) is 25.6. The lowest BCUT2D eigenvalue weighted by atomic mass is 9.99. The number of carbonyl (C=O) groups excluding carboxylic acids is 2. The molecule has 0 bridgehead atoms. The highest BCUT2D eigenvalue weighted by Gasteiger charge is 2.30. The second kappa shape index (κ2) is 11.5. The monoisotopic (exact) mass is 602 g/mol. The van der Waals surface area contributed by atoms with Crippen LogP contribution in [0.25, 0.3) is 0 Å². The lowest BCUT2D eigenvalue weighted by Gasteiger charge is -2.30. The van der Waals surface area contributed by atoms with Gasteiger partial charge in [0, 0.05) is 45.5 Å². The van der Waals surface area contributed by atoms with Crippen molar-refractivity contribution in [3.8, 4) is 0 Å². The van der Waals surface area contributed by atoms with Crippen LogP contribution in [0.15, 0.2) is 130 Å². The fraction of sp³-hybridized carbons (Fsp3) is 0.0667. The molecular formula is C30H24Br2N2O2. The lowest BCUT2D eigenvalue weighted by molar-refractivity contribution is 0.0995. The van der Waals surface area contributed by atoms with Crippen LogP contribution in [0.5, 0.6) is 0 Å². The van der Waals surface area contributed by atoms with E-state index in [2.05, 4.69) is 31.9 Å². The van der Waals surface area contributed by atoms with Gasteiger partial charge in [0.25, 0.3) is 0 Å². The van der Waals surface area contributed by atoms with Gasteiger partial charge in [-0.1, -0.05) is 68.3 Å². The van der Waals surface area contributed by atoms with E-state index in [1.165, 1.54) is 0 Å². The van der Waals surface area contributed by atoms with Crippen molar-refractivity contribution in [1.29, 1.82) is 0 Å². The van der Waals surface area contributed by atoms with E-state index in [9.17, 15) is 9.59 Å². The van der Waals surface area contributed by atoms with Crippen LogP contribution >= 0.6 is 31.9 Å². The number of carbonyl (C=O) groups is 2. The minimum absolute atomic E-state index is 0.253. The second-order valence-corrected chi connectivity index (χ2v) is 9.99. The molecular weight excluding hydrogens is 580 g/mol. The predicted octanol–water partition coefficient (Wildman–Crippen LogP) is 7.76. The molecule has 0 unspecified atom stereocenters. The second-order valence-electron chi connectivity index (χ2n) is 8.16. The Morgan fingerprint density at radius 3 is 1.11 bits per heavy atom. The highest BCUT2D eigenvalue weighted by atomic mass is 79.9. The SMILES string of the molecule is CN(/C(C(=O)c1ccc(Br)cc1)=C(/C(=O)c1ccc(Br)cc1)N(C)c1ccccc1)c1ccccc1. The third kappa shape index (κ3) is 5.66. The van der Waals surface area contributed by atoms with Crippen molar-refractivity contribution in [1.82, 2.24) is 0 Å². The molecule has 0 fully saturated rings. The Balaban J connectivity index is 1.99. The van der Waals surface area contributed by atoms with Gasteiger partial charge in [-0.25, -0.2) is 0 Å². The highest BCUT2D eigenvalue weighted by molar-refractivity contribution is 9.10. The van der Waals surface area contributed by atoms with Crippen LogP contribution in [-0.2, 0) is 0 Å². The van der Waals surface area contributed by atoms with Gasteiger partial charge in [0.15, 0.2) is 0 Å². The van der Waals surface area contributed by atoms with Gasteiger partial charge < -0.3 is 9.80 Å². The summed E-state index contributed by atoms with van der Waals surface area (Å²) in [6.07, 6.45) is 0. The number of rotatable bonds is 8. The molecule has 0 saturated carbocycles. The van der Waals surface area contributed by atoms with Gasteiger partial charge in [0.1, 0.15) is 11.4 Å². The number of ketones is 2. The molecule has 0 aliphatic rings. The molecule has 36 heavy (non-hydrogen) atoms. The smallest absolute Gasteiger partial charge is 0.211 e. The number of hydrogen-bond acceptors (Lipinski definition) is 4. The summed E-state index contributed by atoms with van der Waals surface area (Å²) in [5, 5.41) is 0. The van der Waals surface area contributed by atoms with Gasteiger partial charge in [0.2, 0.25) is 11.6 Å². The number of Topliss-reactive ketones (excluding diaryl/α,β-unsaturated/α-hetero) is 2. The van der Waals surface area contributed by atoms with Gasteiger partial charge in [0.05, 0.1) is 0 Å². The van der Waals surface area contributed by atoms with E-state index in [4.69, 9.17) is 0 Å². The van der Waals surface area contributed by atoms with E-state index in [1.54, 1.807) is 34.1 Å². The van der Waals surface area contributed by atoms with Gasteiger partial charge in [-0.05, 0) is 72.8 Å². The molecule has 0 N–H and O–H groups in total. The average Bonchev–Trinajstić information content (AvgIpc) is 2.92. The number of benzene rings is 4. The van der Waals surface area contributed by atoms with Crippen LogP contribution in [0.3, 0.4) is 0 Å². The summed E-state index contributed by atoms with van der Waals surface area (Å²) < 4.78 is 1.74. The summed E-state index contributed by atoms with van der Waals surface area (Å²) in [7, 11) is 3.63. The maximum Gasteiger partial charge on any atom is 0.211 e. The molecule has 0 radical (unpaired) electrons. The maximum atomic E-state index is 14.1. The van der Waals surface area contributed by atoms with Crippen molar-refractivity contribution in [2.45, 2.75) is 0 Å². The molecule has 0 spiro atoms. The lowest BCUT2D eigenvalue weighted by Crippen LogP contribution is -2.34. The zero-order chi connectivity index (χ0) is 25.7. The van der Waals surface area contributed by atoms with E-state index >= 15 is 0 Å². The largest absolute Gasteiger partial charge is 0.340 e. The number of allylic oxidation sites excluding steroid dienone is 2. The topological polar surface area (TPSA) is 40.6 Å². The molecule has 0 atom stereocenters. The van der Waals surface area contributed by atoms with Crippen LogP contribution in [0.2, 0.25) is 0 Å². The maximum absolute atomic E-state index is 14.1. The highest BCUT2D eigenvalue weighted by Crippen LogP contribution is 2.29. The summed E-state index contributed by atoms with van der Waals surface area (Å²) in [6.45, 7) is 0. The molecule has 0 saturated heterocycles. The van der Waals surface area contributed by atoms with Gasteiger partial charge in [-0.3, -0.25) is 9.59 Å². The van der Waals surface area contributed by atoms with Crippen molar-refractivity contribution >= 4 is 54.8 Å². The van der Waals surface area contributed by atoms with Crippen LogP contribution < -0.4 is 9.80 Å². The zero-order valence-corrected chi connectivity index (χ0v) is 23.0. The Morgan fingerprint density at radius 1 is 0.500 bits per heavy atom. The van der Waals surface area contributed by atoms with E-state index in [1.807, 2.05) is 99.0 Å². The molecule has 0 aliphatic heterocycles. The molecule has 4 aromatic carbocycles. The molecule has 0 aliphatic carbocycles. The summed E-state index contributed by atoms with van der Waals surface area (Å²) in [5.41, 5.74) is 3.11. The van der Waals surface area contributed by atoms with E-state index in [0.717, 1.165) is 20.3 Å². The Hall–Kier alpha value is -3.48. The van der Waals surface area contributed by atoms with Crippen molar-refractivity contribution in [3.63, 3.8) is 0 Å². The van der Waals surface area contributed by atoms with Crippen LogP contribution in [0.1, 0.15) is 20.7 Å². The minimum atomic E-state index is -0.253. The van der Waals surface area contributed by atoms with Gasteiger partial charge in [-0.15, -0.1) is 0 Å². The first-order valence-electron chi connectivity index (χ1n) is 11.3. The molecule has 180 valence electrons. The van der Waals surface area contributed by atoms with E-state index < -0.39 is 0 Å². The molecule has 0 amide bonds. The number of anilines is 2. The van der Waals surface area contributed by atoms with Crippen LogP contribution in [0.4, 0.5) is 11.4 Å². The van der Waals surface area contributed by atoms with Crippen molar-refractivity contribution in [2.24, 2.45) is 0 Å². The zero-order valence-electron chi connectivity index (χ0n) is 19.9. The Kier molecular flexibility index (Phi) is 8.18. The quantitative estimate of drug-likeness (QED) is 0.152. The summed E-state index contributed by atoms with van der Waals surface area (Å²) in [5.74, 6) is -0.505. The fourth-order valence-electron chi connectivity index (χ4n) is 3.87. The van der Waals surface area contributed by atoms with Crippen LogP contribution in [-0.4, -0.2) is 25.7 Å². The number of hydrogen-bond donors (Lipinski definition) is 0. The number of likely N-dealkylation sites (N-methyl/N-ethyl adjacent to an activating group) is 2. The first-order chi connectivity index (χ1) is 17.4. The van der Waals surface area contributed by atoms with Crippen molar-refractivity contribution in [3.05, 3.63) is 141 Å². The third-order valence-electron chi connectivity index (χ3n) is 5.83. The third-order valence-corrected chi connectivity index (χ3v) is 6.88. The van der Waals surface area contributed by atoms with Gasteiger partial charge >= 0.3 is 0 Å². The molecule has 0 aromatic heterocycles. The van der Waals surface area contributed by atoms with E-state index in [0.29, 0.717) is 11.1 Å². The molecule has 4 rings (SSSR count). The normalized spacial score (nSPS) is 11.4. The Morgan fingerprint density at radius 2 is 0.806 bits per heavy atom. The number of nitrogens with zero attached hydrogens (tertiary/aromatic N) is 2. The molecule has 0 heterocycles. The summed E-state index contributed by atoms with van der Waals surface area (Å²) in [4.78, 5) is 31.8. The predicted molar refractivity (Wildman–Crippen MR) is 154 cm³/mol. The Bertz CT molecular complexity index is 1280. The number of halogens is 2. The summed E-state index contributed by atoms with van der Waals surface area (Å²) in [6, 6.07) is 33.5. The standard InChI is InChI=1S/C30H24Br2N2O2/c1-33(25-9-5-3-6-10-25)27(29(35)21-13-17-23(31)18-14-21)28(34(2)26-11-7-4-8-12-26)30(36)22-15-19-24(32)20-16-22/h3-20H,1-2H3/b28-27-. The van der Waals surface area contributed by atoms with Gasteiger partial charge in [-0.2, -0.15) is 0 Å². The molecule has 6 heteroatoms. The molecule has 4 aromatic rings. The van der Waals surface area contributed by atoms with Crippen molar-refractivity contribution in [2.75, 3.05) is 23.9 Å². The Labute approximate surface area is 228 Å². The minimum Gasteiger partial charge on any atom is -0.340 e. The molecule has 4 nitrogen and oxygen atoms in total. The number of para-hydroxylation sites is 2. The average molecular weight is 604 g/mol. The van der Waals surface area contributed by atoms with Crippen molar-refractivity contribution < 1.29 is 9.59 Å².